The highest BCUT2D eigenvalue weighted by molar-refractivity contribution is 5.99. The molecule has 1 atom stereocenters. The molecule has 0 aliphatic carbocycles. The van der Waals surface area contributed by atoms with Crippen LogP contribution in [0.3, 0.4) is 0 Å². The Kier molecular flexibility index (Phi) is 4.05. The maximum atomic E-state index is 5.61. The molecule has 0 amide bonds. The second kappa shape index (κ2) is 6.72. The monoisotopic (exact) mass is 375 g/mol. The van der Waals surface area contributed by atoms with Gasteiger partial charge in [0, 0.05) is 31.5 Å². The van der Waals surface area contributed by atoms with Crippen molar-refractivity contribution in [3.05, 3.63) is 42.7 Å². The predicted molar refractivity (Wildman–Crippen MR) is 107 cm³/mol. The molecular weight excluding hydrogens is 354 g/mol. The number of hydrogen-bond donors (Lipinski definition) is 1. The smallest absolute Gasteiger partial charge is 0.139 e. The number of nitrogens with zero attached hydrogens (tertiary/aromatic N) is 6. The van der Waals surface area contributed by atoms with Gasteiger partial charge in [0.25, 0.3) is 0 Å². The number of aromatic nitrogens is 6. The van der Waals surface area contributed by atoms with Crippen LogP contribution in [0.5, 0.6) is 0 Å². The second-order valence-electron chi connectivity index (χ2n) is 6.99. The highest BCUT2D eigenvalue weighted by Crippen LogP contribution is 2.35. The van der Waals surface area contributed by atoms with Crippen molar-refractivity contribution in [3.8, 4) is 22.6 Å². The molecule has 0 aromatic carbocycles. The average molecular weight is 375 g/mol. The average Bonchev–Trinajstić information content (AvgIpc) is 3.37. The number of anilines is 1. The fourth-order valence-corrected chi connectivity index (χ4v) is 3.76. The first-order valence-corrected chi connectivity index (χ1v) is 9.36. The van der Waals surface area contributed by atoms with Crippen molar-refractivity contribution < 1.29 is 4.74 Å². The normalized spacial score (nSPS) is 17.4. The summed E-state index contributed by atoms with van der Waals surface area (Å²) in [7, 11) is 1.93. The lowest BCUT2D eigenvalue weighted by atomic mass is 10.1. The summed E-state index contributed by atoms with van der Waals surface area (Å²) in [5.74, 6) is 0.911. The van der Waals surface area contributed by atoms with E-state index >= 15 is 0 Å². The maximum absolute atomic E-state index is 5.61. The SMILES string of the molecule is C[C@@H]1COCCN1c1cc(-c2ccccn2)c2c(n1)c(-c1cc[nH]n1)nn2C. The molecule has 0 radical (unpaired) electrons. The van der Waals surface area contributed by atoms with Crippen LogP contribution in [-0.4, -0.2) is 55.7 Å². The minimum atomic E-state index is 0.251. The first-order valence-electron chi connectivity index (χ1n) is 9.36. The summed E-state index contributed by atoms with van der Waals surface area (Å²) in [5, 5.41) is 11.9. The molecule has 1 fully saturated rings. The Morgan fingerprint density at radius 1 is 1.21 bits per heavy atom. The van der Waals surface area contributed by atoms with Crippen molar-refractivity contribution >= 4 is 16.9 Å². The zero-order valence-corrected chi connectivity index (χ0v) is 15.8. The van der Waals surface area contributed by atoms with Gasteiger partial charge < -0.3 is 9.64 Å². The Morgan fingerprint density at radius 2 is 2.14 bits per heavy atom. The Hall–Kier alpha value is -3.26. The second-order valence-corrected chi connectivity index (χ2v) is 6.99. The minimum absolute atomic E-state index is 0.251. The lowest BCUT2D eigenvalue weighted by molar-refractivity contribution is 0.0986. The number of rotatable bonds is 3. The number of morpholine rings is 1. The first kappa shape index (κ1) is 16.9. The molecule has 28 heavy (non-hydrogen) atoms. The summed E-state index contributed by atoms with van der Waals surface area (Å²) >= 11 is 0. The molecule has 1 aliphatic heterocycles. The third kappa shape index (κ3) is 2.73. The van der Waals surface area contributed by atoms with E-state index in [1.165, 1.54) is 0 Å². The summed E-state index contributed by atoms with van der Waals surface area (Å²) in [6.07, 6.45) is 3.60. The van der Waals surface area contributed by atoms with Crippen molar-refractivity contribution in [2.75, 3.05) is 24.7 Å². The Morgan fingerprint density at radius 3 is 2.89 bits per heavy atom. The van der Waals surface area contributed by atoms with Gasteiger partial charge in [0.2, 0.25) is 0 Å². The molecule has 0 bridgehead atoms. The summed E-state index contributed by atoms with van der Waals surface area (Å²) in [6, 6.07) is 10.2. The van der Waals surface area contributed by atoms with Gasteiger partial charge in [0.15, 0.2) is 0 Å². The highest BCUT2D eigenvalue weighted by atomic mass is 16.5. The van der Waals surface area contributed by atoms with Gasteiger partial charge in [-0.05, 0) is 31.2 Å². The maximum Gasteiger partial charge on any atom is 0.139 e. The fourth-order valence-electron chi connectivity index (χ4n) is 3.76. The molecule has 8 nitrogen and oxygen atoms in total. The number of fused-ring (bicyclic) bond motifs is 1. The molecule has 0 saturated carbocycles. The Labute approximate surface area is 162 Å². The van der Waals surface area contributed by atoms with Gasteiger partial charge in [-0.2, -0.15) is 10.2 Å². The van der Waals surface area contributed by atoms with Gasteiger partial charge in [0.05, 0.1) is 30.5 Å². The van der Waals surface area contributed by atoms with Crippen molar-refractivity contribution in [2.45, 2.75) is 13.0 Å². The van der Waals surface area contributed by atoms with Crippen LogP contribution >= 0.6 is 0 Å². The molecule has 1 saturated heterocycles. The van der Waals surface area contributed by atoms with Crippen LogP contribution in [0.2, 0.25) is 0 Å². The van der Waals surface area contributed by atoms with E-state index in [1.807, 2.05) is 42.2 Å². The summed E-state index contributed by atoms with van der Waals surface area (Å²) in [4.78, 5) is 11.9. The predicted octanol–water partition coefficient (Wildman–Crippen LogP) is 2.65. The summed E-state index contributed by atoms with van der Waals surface area (Å²) < 4.78 is 7.47. The van der Waals surface area contributed by atoms with E-state index in [0.717, 1.165) is 46.0 Å². The minimum Gasteiger partial charge on any atom is -0.377 e. The van der Waals surface area contributed by atoms with Gasteiger partial charge in [-0.25, -0.2) is 4.98 Å². The van der Waals surface area contributed by atoms with Crippen molar-refractivity contribution in [1.82, 2.24) is 29.9 Å². The zero-order chi connectivity index (χ0) is 19.1. The number of ether oxygens (including phenoxy) is 1. The number of hydrogen-bond acceptors (Lipinski definition) is 6. The molecule has 5 rings (SSSR count). The molecule has 1 N–H and O–H groups in total. The van der Waals surface area contributed by atoms with Crippen molar-refractivity contribution in [3.63, 3.8) is 0 Å². The van der Waals surface area contributed by atoms with E-state index in [-0.39, 0.29) is 6.04 Å². The van der Waals surface area contributed by atoms with E-state index < -0.39 is 0 Å². The molecule has 142 valence electrons. The van der Waals surface area contributed by atoms with E-state index in [1.54, 1.807) is 6.20 Å². The van der Waals surface area contributed by atoms with Crippen LogP contribution < -0.4 is 4.90 Å². The molecule has 4 aromatic rings. The number of nitrogens with one attached hydrogen (secondary N) is 1. The molecule has 0 unspecified atom stereocenters. The van der Waals surface area contributed by atoms with Gasteiger partial charge >= 0.3 is 0 Å². The lowest BCUT2D eigenvalue weighted by Gasteiger charge is -2.34. The molecule has 1 aliphatic rings. The molecule has 0 spiro atoms. The lowest BCUT2D eigenvalue weighted by Crippen LogP contribution is -2.44. The van der Waals surface area contributed by atoms with Crippen molar-refractivity contribution in [1.29, 1.82) is 0 Å². The number of H-pyrrole nitrogens is 1. The van der Waals surface area contributed by atoms with Crippen LogP contribution in [0.15, 0.2) is 42.7 Å². The summed E-state index contributed by atoms with van der Waals surface area (Å²) in [5.41, 5.74) is 5.22. The molecule has 5 heterocycles. The standard InChI is InChI=1S/C20H21N7O/c1-13-12-28-10-9-27(13)17-11-14(15-5-3-4-7-21-15)20-19(23-17)18(25-26(20)2)16-6-8-22-24-16/h3-8,11,13H,9-10,12H2,1-2H3,(H,22,24)/t13-/m1/s1. The van der Waals surface area contributed by atoms with Gasteiger partial charge in [-0.1, -0.05) is 6.07 Å². The van der Waals surface area contributed by atoms with Crippen LogP contribution in [0, 0.1) is 0 Å². The van der Waals surface area contributed by atoms with Crippen LogP contribution in [0.4, 0.5) is 5.82 Å². The van der Waals surface area contributed by atoms with Crippen LogP contribution in [-0.2, 0) is 11.8 Å². The molecule has 4 aromatic heterocycles. The van der Waals surface area contributed by atoms with E-state index in [2.05, 4.69) is 33.1 Å². The van der Waals surface area contributed by atoms with Gasteiger partial charge in [-0.15, -0.1) is 0 Å². The topological polar surface area (TPSA) is 84.8 Å². The molecular formula is C20H21N7O. The Bertz CT molecular complexity index is 1100. The third-order valence-electron chi connectivity index (χ3n) is 5.12. The quantitative estimate of drug-likeness (QED) is 0.593. The van der Waals surface area contributed by atoms with E-state index in [9.17, 15) is 0 Å². The van der Waals surface area contributed by atoms with Crippen molar-refractivity contribution in [2.24, 2.45) is 7.05 Å². The number of pyridine rings is 2. The summed E-state index contributed by atoms with van der Waals surface area (Å²) in [6.45, 7) is 4.35. The molecule has 8 heteroatoms. The van der Waals surface area contributed by atoms with E-state index in [0.29, 0.717) is 13.2 Å². The number of aromatic amines is 1. The largest absolute Gasteiger partial charge is 0.377 e. The highest BCUT2D eigenvalue weighted by Gasteiger charge is 2.25. The van der Waals surface area contributed by atoms with Gasteiger partial charge in [-0.3, -0.25) is 14.8 Å². The van der Waals surface area contributed by atoms with E-state index in [4.69, 9.17) is 14.8 Å². The van der Waals surface area contributed by atoms with Crippen LogP contribution in [0.25, 0.3) is 33.7 Å². The van der Waals surface area contributed by atoms with Gasteiger partial charge in [0.1, 0.15) is 22.7 Å². The fraction of sp³-hybridized carbons (Fsp3) is 0.300. The number of aryl methyl sites for hydroxylation is 1. The van der Waals surface area contributed by atoms with Crippen LogP contribution in [0.1, 0.15) is 6.92 Å². The zero-order valence-electron chi connectivity index (χ0n) is 15.8. The first-order chi connectivity index (χ1) is 13.7. The Balaban J connectivity index is 1.79. The third-order valence-corrected chi connectivity index (χ3v) is 5.12.